The van der Waals surface area contributed by atoms with Gasteiger partial charge in [-0.05, 0) is 43.2 Å². The molecule has 142 valence electrons. The highest BCUT2D eigenvalue weighted by molar-refractivity contribution is 5.95. The van der Waals surface area contributed by atoms with Crippen LogP contribution in [0, 0.1) is 13.8 Å². The van der Waals surface area contributed by atoms with Gasteiger partial charge in [0.25, 0.3) is 0 Å². The van der Waals surface area contributed by atoms with Crippen LogP contribution in [-0.2, 0) is 9.59 Å². The number of ether oxygens (including phenoxy) is 2. The molecule has 0 saturated heterocycles. The molecule has 0 atom stereocenters. The molecule has 6 heteroatoms. The summed E-state index contributed by atoms with van der Waals surface area (Å²) in [6.45, 7) is 6.74. The highest BCUT2D eigenvalue weighted by atomic mass is 16.6. The maximum absolute atomic E-state index is 12.4. The third-order valence-electron chi connectivity index (χ3n) is 4.66. The lowest BCUT2D eigenvalue weighted by atomic mass is 10.1. The second-order valence-electron chi connectivity index (χ2n) is 6.54. The first-order chi connectivity index (χ1) is 13.0. The summed E-state index contributed by atoms with van der Waals surface area (Å²) < 4.78 is 11.1. The van der Waals surface area contributed by atoms with Gasteiger partial charge in [-0.3, -0.25) is 9.59 Å². The molecule has 2 amide bonds. The Labute approximate surface area is 159 Å². The topological polar surface area (TPSA) is 67.9 Å². The van der Waals surface area contributed by atoms with E-state index in [1.54, 1.807) is 23.1 Å². The van der Waals surface area contributed by atoms with Crippen LogP contribution >= 0.6 is 0 Å². The summed E-state index contributed by atoms with van der Waals surface area (Å²) in [7, 11) is 0. The number of carbonyl (C=O) groups is 2. The number of carbonyl (C=O) groups excluding carboxylic acids is 2. The Balaban J connectivity index is 1.67. The Bertz CT molecular complexity index is 863. The summed E-state index contributed by atoms with van der Waals surface area (Å²) >= 11 is 0. The van der Waals surface area contributed by atoms with Gasteiger partial charge in [-0.1, -0.05) is 12.1 Å². The van der Waals surface area contributed by atoms with Gasteiger partial charge < -0.3 is 19.7 Å². The molecule has 0 bridgehead atoms. The van der Waals surface area contributed by atoms with Crippen LogP contribution in [0.2, 0.25) is 0 Å². The van der Waals surface area contributed by atoms with Crippen molar-refractivity contribution in [1.29, 1.82) is 0 Å². The second-order valence-corrected chi connectivity index (χ2v) is 6.54. The minimum Gasteiger partial charge on any atom is -0.486 e. The molecule has 1 N–H and O–H groups in total. The van der Waals surface area contributed by atoms with Crippen molar-refractivity contribution in [2.75, 3.05) is 30.0 Å². The molecular formula is C21H24N2O4. The van der Waals surface area contributed by atoms with E-state index in [9.17, 15) is 9.59 Å². The van der Waals surface area contributed by atoms with Crippen LogP contribution in [-0.4, -0.2) is 31.6 Å². The van der Waals surface area contributed by atoms with Crippen LogP contribution in [0.3, 0.4) is 0 Å². The fourth-order valence-electron chi connectivity index (χ4n) is 2.98. The second kappa shape index (κ2) is 8.12. The van der Waals surface area contributed by atoms with Crippen LogP contribution < -0.4 is 19.7 Å². The zero-order chi connectivity index (χ0) is 19.4. The van der Waals surface area contributed by atoms with E-state index in [-0.39, 0.29) is 24.8 Å². The highest BCUT2D eigenvalue weighted by Crippen LogP contribution is 2.34. The van der Waals surface area contributed by atoms with Crippen molar-refractivity contribution in [2.45, 2.75) is 27.2 Å². The molecule has 1 aliphatic heterocycles. The molecule has 0 saturated carbocycles. The molecule has 0 unspecified atom stereocenters. The lowest BCUT2D eigenvalue weighted by Crippen LogP contribution is -2.32. The average Bonchev–Trinajstić information content (AvgIpc) is 2.65. The summed E-state index contributed by atoms with van der Waals surface area (Å²) in [6.07, 6.45) is 0.196. The maximum atomic E-state index is 12.4. The van der Waals surface area contributed by atoms with Gasteiger partial charge in [0.05, 0.1) is 0 Å². The van der Waals surface area contributed by atoms with Gasteiger partial charge in [-0.2, -0.15) is 0 Å². The van der Waals surface area contributed by atoms with E-state index in [1.165, 1.54) is 6.92 Å². The van der Waals surface area contributed by atoms with Crippen molar-refractivity contribution in [2.24, 2.45) is 0 Å². The van der Waals surface area contributed by atoms with Gasteiger partial charge in [0.2, 0.25) is 11.8 Å². The number of hydrogen-bond donors (Lipinski definition) is 1. The zero-order valence-electron chi connectivity index (χ0n) is 15.9. The third-order valence-corrected chi connectivity index (χ3v) is 4.66. The number of fused-ring (bicyclic) bond motifs is 1. The van der Waals surface area contributed by atoms with Gasteiger partial charge in [0.1, 0.15) is 13.2 Å². The first kappa shape index (κ1) is 18.8. The van der Waals surface area contributed by atoms with E-state index in [1.807, 2.05) is 32.0 Å². The van der Waals surface area contributed by atoms with Gasteiger partial charge in [-0.15, -0.1) is 0 Å². The van der Waals surface area contributed by atoms with E-state index in [0.29, 0.717) is 30.4 Å². The monoisotopic (exact) mass is 368 g/mol. The molecule has 0 aromatic heterocycles. The van der Waals surface area contributed by atoms with Crippen molar-refractivity contribution in [3.05, 3.63) is 47.5 Å². The molecule has 1 aliphatic rings. The quantitative estimate of drug-likeness (QED) is 0.878. The molecule has 2 aromatic rings. The molecule has 1 heterocycles. The third kappa shape index (κ3) is 4.39. The number of aryl methyl sites for hydroxylation is 1. The highest BCUT2D eigenvalue weighted by Gasteiger charge is 2.18. The summed E-state index contributed by atoms with van der Waals surface area (Å²) in [5.74, 6) is 1.02. The number of benzene rings is 2. The van der Waals surface area contributed by atoms with Crippen molar-refractivity contribution in [3.8, 4) is 11.5 Å². The minimum absolute atomic E-state index is 0.132. The Morgan fingerprint density at radius 2 is 1.81 bits per heavy atom. The number of hydrogen-bond acceptors (Lipinski definition) is 4. The van der Waals surface area contributed by atoms with E-state index in [2.05, 4.69) is 5.32 Å². The van der Waals surface area contributed by atoms with Crippen molar-refractivity contribution >= 4 is 23.2 Å². The van der Waals surface area contributed by atoms with Crippen LogP contribution in [0.5, 0.6) is 11.5 Å². The normalized spacial score (nSPS) is 12.4. The van der Waals surface area contributed by atoms with Crippen LogP contribution in [0.25, 0.3) is 0 Å². The molecular weight excluding hydrogens is 344 g/mol. The largest absolute Gasteiger partial charge is 0.486 e. The fraction of sp³-hybridized carbons (Fsp3) is 0.333. The number of amides is 2. The molecule has 3 rings (SSSR count). The van der Waals surface area contributed by atoms with Gasteiger partial charge in [0.15, 0.2) is 11.5 Å². The Morgan fingerprint density at radius 3 is 2.56 bits per heavy atom. The summed E-state index contributed by atoms with van der Waals surface area (Å²) in [5.41, 5.74) is 3.65. The minimum atomic E-state index is -0.133. The fourth-order valence-corrected chi connectivity index (χ4v) is 2.98. The van der Waals surface area contributed by atoms with E-state index >= 15 is 0 Å². The molecule has 27 heavy (non-hydrogen) atoms. The summed E-state index contributed by atoms with van der Waals surface area (Å²) in [4.78, 5) is 26.0. The molecule has 6 nitrogen and oxygen atoms in total. The van der Waals surface area contributed by atoms with Crippen molar-refractivity contribution < 1.29 is 19.1 Å². The SMILES string of the molecule is CC(=O)N(CCC(=O)Nc1cccc(C)c1C)c1ccc2c(c1)OCCO2. The number of rotatable bonds is 5. The van der Waals surface area contributed by atoms with Gasteiger partial charge >= 0.3 is 0 Å². The first-order valence-electron chi connectivity index (χ1n) is 8.99. The number of anilines is 2. The number of nitrogens with one attached hydrogen (secondary N) is 1. The van der Waals surface area contributed by atoms with Crippen LogP contribution in [0.15, 0.2) is 36.4 Å². The molecule has 0 aliphatic carbocycles. The molecule has 0 fully saturated rings. The van der Waals surface area contributed by atoms with E-state index < -0.39 is 0 Å². The van der Waals surface area contributed by atoms with Crippen molar-refractivity contribution in [3.63, 3.8) is 0 Å². The van der Waals surface area contributed by atoms with E-state index in [4.69, 9.17) is 9.47 Å². The lowest BCUT2D eigenvalue weighted by molar-refractivity contribution is -0.117. The van der Waals surface area contributed by atoms with Crippen LogP contribution in [0.1, 0.15) is 24.5 Å². The smallest absolute Gasteiger partial charge is 0.226 e. The maximum Gasteiger partial charge on any atom is 0.226 e. The molecule has 0 spiro atoms. The van der Waals surface area contributed by atoms with Gasteiger partial charge in [-0.25, -0.2) is 0 Å². The molecule has 2 aromatic carbocycles. The average molecular weight is 368 g/mol. The Kier molecular flexibility index (Phi) is 5.64. The lowest BCUT2D eigenvalue weighted by Gasteiger charge is -2.24. The van der Waals surface area contributed by atoms with Gasteiger partial charge in [0, 0.05) is 37.3 Å². The summed E-state index contributed by atoms with van der Waals surface area (Å²) in [6, 6.07) is 11.2. The standard InChI is InChI=1S/C21H24N2O4/c1-14-5-4-6-18(15(14)2)22-21(25)9-10-23(16(3)24)17-7-8-19-20(13-17)27-12-11-26-19/h4-8,13H,9-12H2,1-3H3,(H,22,25). The number of nitrogens with zero attached hydrogens (tertiary/aromatic N) is 1. The van der Waals surface area contributed by atoms with Crippen molar-refractivity contribution in [1.82, 2.24) is 0 Å². The van der Waals surface area contributed by atoms with Crippen LogP contribution in [0.4, 0.5) is 11.4 Å². The predicted octanol–water partition coefficient (Wildman–Crippen LogP) is 3.46. The molecule has 0 radical (unpaired) electrons. The Hall–Kier alpha value is -3.02. The summed E-state index contributed by atoms with van der Waals surface area (Å²) in [5, 5.41) is 2.93. The predicted molar refractivity (Wildman–Crippen MR) is 105 cm³/mol. The Morgan fingerprint density at radius 1 is 1.07 bits per heavy atom. The van der Waals surface area contributed by atoms with E-state index in [0.717, 1.165) is 16.8 Å². The zero-order valence-corrected chi connectivity index (χ0v) is 15.9. The first-order valence-corrected chi connectivity index (χ1v) is 8.99.